The normalized spacial score (nSPS) is 26.9. The Labute approximate surface area is 348 Å². The quantitative estimate of drug-likeness (QED) is 0.0904. The predicted octanol–water partition coefficient (Wildman–Crippen LogP) is 5.84. The Kier molecular flexibility index (Phi) is 15.1. The number of rotatable bonds is 16. The van der Waals surface area contributed by atoms with Crippen molar-refractivity contribution in [3.05, 3.63) is 48.0 Å². The second kappa shape index (κ2) is 18.0. The summed E-state index contributed by atoms with van der Waals surface area (Å²) in [5.74, 6) is -9.90. The zero-order valence-corrected chi connectivity index (χ0v) is 37.5. The molecule has 2 unspecified atom stereocenters. The molecule has 2 bridgehead atoms. The third kappa shape index (κ3) is 11.5. The number of methoxy groups -OCH3 is 1. The second-order valence-electron chi connectivity index (χ2n) is 18.7. The van der Waals surface area contributed by atoms with Gasteiger partial charge in [0.15, 0.2) is 18.0 Å². The number of carbonyl (C=O) groups excluding carboxylic acids is 5. The lowest BCUT2D eigenvalue weighted by atomic mass is 9.74. The summed E-state index contributed by atoms with van der Waals surface area (Å²) in [6, 6.07) is 9.58. The van der Waals surface area contributed by atoms with Gasteiger partial charge in [0, 0.05) is 32.8 Å². The van der Waals surface area contributed by atoms with Gasteiger partial charge in [0.1, 0.15) is 22.9 Å². The van der Waals surface area contributed by atoms with Crippen molar-refractivity contribution in [2.24, 2.45) is 5.92 Å². The molecule has 332 valence electrons. The van der Waals surface area contributed by atoms with E-state index in [0.29, 0.717) is 12.0 Å². The third-order valence-electron chi connectivity index (χ3n) is 9.60. The first-order valence-electron chi connectivity index (χ1n) is 20.0. The van der Waals surface area contributed by atoms with E-state index < -0.39 is 93.8 Å². The molecule has 8 atom stereocenters. The van der Waals surface area contributed by atoms with Crippen molar-refractivity contribution in [2.45, 2.75) is 187 Å². The van der Waals surface area contributed by atoms with Crippen LogP contribution in [0.2, 0.25) is 0 Å². The van der Waals surface area contributed by atoms with Crippen molar-refractivity contribution in [2.75, 3.05) is 7.11 Å². The molecule has 59 heavy (non-hydrogen) atoms. The second-order valence-corrected chi connectivity index (χ2v) is 18.7. The van der Waals surface area contributed by atoms with E-state index in [4.69, 9.17) is 42.6 Å². The molecule has 1 aromatic carbocycles. The van der Waals surface area contributed by atoms with Gasteiger partial charge in [0.05, 0.1) is 0 Å². The summed E-state index contributed by atoms with van der Waals surface area (Å²) in [4.78, 5) is 70.3. The Balaban J connectivity index is 2.44. The van der Waals surface area contributed by atoms with Crippen LogP contribution in [0.4, 0.5) is 0 Å². The van der Waals surface area contributed by atoms with Gasteiger partial charge in [-0.25, -0.2) is 14.4 Å². The van der Waals surface area contributed by atoms with E-state index in [1.165, 1.54) is 76.3 Å². The van der Waals surface area contributed by atoms with E-state index in [1.807, 2.05) is 37.3 Å². The van der Waals surface area contributed by atoms with Crippen LogP contribution in [0.3, 0.4) is 0 Å². The van der Waals surface area contributed by atoms with Crippen molar-refractivity contribution in [3.8, 4) is 0 Å². The molecule has 3 rings (SSSR count). The molecule has 2 fully saturated rings. The highest BCUT2D eigenvalue weighted by molar-refractivity contribution is 6.00. The van der Waals surface area contributed by atoms with Gasteiger partial charge in [-0.3, -0.25) is 9.59 Å². The maximum atomic E-state index is 15.1. The van der Waals surface area contributed by atoms with Crippen LogP contribution >= 0.6 is 0 Å². The number of esters is 5. The van der Waals surface area contributed by atoms with Crippen LogP contribution in [0.25, 0.3) is 0 Å². The molecule has 2 aliphatic rings. The third-order valence-corrected chi connectivity index (χ3v) is 9.60. The molecule has 15 heteroatoms. The minimum atomic E-state index is -3.47. The van der Waals surface area contributed by atoms with Gasteiger partial charge >= 0.3 is 29.8 Å². The lowest BCUT2D eigenvalue weighted by molar-refractivity contribution is -0.387. The fourth-order valence-electron chi connectivity index (χ4n) is 7.03. The zero-order chi connectivity index (χ0) is 45.2. The molecular formula is C44H66O15. The fraction of sp³-hybridized carbons (Fsp3) is 0.705. The summed E-state index contributed by atoms with van der Waals surface area (Å²) in [5.41, 5.74) is -9.08. The largest absolute Gasteiger partial charge is 0.458 e. The number of ether oxygens (including phenoxy) is 9. The summed E-state index contributed by atoms with van der Waals surface area (Å²) in [6.45, 7) is 25.8. The van der Waals surface area contributed by atoms with Gasteiger partial charge in [0.25, 0.3) is 5.60 Å². The van der Waals surface area contributed by atoms with E-state index in [9.17, 15) is 24.3 Å². The average molecular weight is 835 g/mol. The van der Waals surface area contributed by atoms with Gasteiger partial charge in [-0.15, -0.1) is 0 Å². The summed E-state index contributed by atoms with van der Waals surface area (Å²) >= 11 is 0. The molecule has 2 aliphatic heterocycles. The van der Waals surface area contributed by atoms with Crippen molar-refractivity contribution in [1.29, 1.82) is 0 Å². The molecule has 0 radical (unpaired) electrons. The van der Waals surface area contributed by atoms with Gasteiger partial charge in [-0.2, -0.15) is 0 Å². The van der Waals surface area contributed by atoms with Crippen LogP contribution in [0.1, 0.15) is 122 Å². The van der Waals surface area contributed by atoms with E-state index in [1.54, 1.807) is 20.8 Å². The molecular weight excluding hydrogens is 768 g/mol. The molecule has 0 spiro atoms. The molecule has 2 heterocycles. The summed E-state index contributed by atoms with van der Waals surface area (Å²) in [5, 5.41) is 13.2. The SMILES string of the molecule is C=C(CC[C@@]12O[C@H](C(=O)OC(C)(C)C)[C@@](O)(C(=O)OC(C)(C)C)[C@@](C(=O)OC(C)(C)C)(O1)[C@H](OC(=O)CC)[C@H]2OC(C)(C)OC)C(OC(C)=O)C(C)Cc1ccccc1. The fourth-order valence-corrected chi connectivity index (χ4v) is 7.03. The Morgan fingerprint density at radius 2 is 1.39 bits per heavy atom. The Morgan fingerprint density at radius 3 is 1.88 bits per heavy atom. The smallest absolute Gasteiger partial charge is 0.347 e. The van der Waals surface area contributed by atoms with Crippen LogP contribution in [0.15, 0.2) is 42.5 Å². The van der Waals surface area contributed by atoms with Gasteiger partial charge in [0.2, 0.25) is 17.5 Å². The summed E-state index contributed by atoms with van der Waals surface area (Å²) < 4.78 is 54.7. The highest BCUT2D eigenvalue weighted by atomic mass is 16.8. The lowest BCUT2D eigenvalue weighted by Gasteiger charge is -2.51. The highest BCUT2D eigenvalue weighted by Gasteiger charge is 2.87. The molecule has 0 amide bonds. The number of carbonyl (C=O) groups is 5. The molecule has 0 aliphatic carbocycles. The van der Waals surface area contributed by atoms with E-state index >= 15 is 4.79 Å². The van der Waals surface area contributed by atoms with Crippen molar-refractivity contribution < 1.29 is 71.7 Å². The Morgan fingerprint density at radius 1 is 0.847 bits per heavy atom. The van der Waals surface area contributed by atoms with Gasteiger partial charge in [-0.1, -0.05) is 50.8 Å². The highest BCUT2D eigenvalue weighted by Crippen LogP contribution is 2.58. The number of aliphatic hydroxyl groups is 1. The topological polar surface area (TPSA) is 189 Å². The first-order chi connectivity index (χ1) is 26.9. The Bertz CT molecular complexity index is 1700. The van der Waals surface area contributed by atoms with Crippen molar-refractivity contribution in [1.82, 2.24) is 0 Å². The first-order valence-corrected chi connectivity index (χ1v) is 20.0. The molecule has 1 aromatic rings. The predicted molar refractivity (Wildman–Crippen MR) is 213 cm³/mol. The standard InChI is InChI=1S/C44H66O15/c1-17-30(46)53-33-32(54-41(14,15)51-16)42(24-23-26(2)31(52-28(4)45)27(3)25-29-21-19-18-20-22-29)55-34(35(47)56-38(5,6)7)43(50,36(48)57-39(8,9)10)44(33,59-42)37(49)58-40(11,12)13/h18-22,27,31-34,50H,2,17,23-25H2,1,3-16H3/t27?,31?,32-,33-,34-,42-,43-,44-/m1/s1. The zero-order valence-electron chi connectivity index (χ0n) is 37.5. The van der Waals surface area contributed by atoms with Crippen LogP contribution in [0.5, 0.6) is 0 Å². The van der Waals surface area contributed by atoms with Crippen LogP contribution < -0.4 is 0 Å². The first kappa shape index (κ1) is 49.5. The Hall–Kier alpha value is -3.89. The summed E-state index contributed by atoms with van der Waals surface area (Å²) in [7, 11) is 1.34. The molecule has 15 nitrogen and oxygen atoms in total. The maximum absolute atomic E-state index is 15.1. The number of fused-ring (bicyclic) bond motifs is 2. The minimum Gasteiger partial charge on any atom is -0.458 e. The molecule has 1 N–H and O–H groups in total. The van der Waals surface area contributed by atoms with Crippen molar-refractivity contribution in [3.63, 3.8) is 0 Å². The van der Waals surface area contributed by atoms with E-state index in [0.717, 1.165) is 5.56 Å². The van der Waals surface area contributed by atoms with Gasteiger partial charge < -0.3 is 47.7 Å². The number of hydrogen-bond acceptors (Lipinski definition) is 15. The van der Waals surface area contributed by atoms with Crippen LogP contribution in [-0.2, 0) is 73.0 Å². The maximum Gasteiger partial charge on any atom is 0.347 e. The molecule has 0 aromatic heterocycles. The number of hydrogen-bond donors (Lipinski definition) is 1. The molecule has 0 saturated carbocycles. The van der Waals surface area contributed by atoms with Gasteiger partial charge in [-0.05, 0) is 100 Å². The average Bonchev–Trinajstić information content (AvgIpc) is 3.31. The number of benzene rings is 1. The monoisotopic (exact) mass is 834 g/mol. The van der Waals surface area contributed by atoms with Crippen molar-refractivity contribution >= 4 is 29.8 Å². The minimum absolute atomic E-state index is 0.0882. The van der Waals surface area contributed by atoms with Crippen LogP contribution in [-0.4, -0.2) is 106 Å². The lowest BCUT2D eigenvalue weighted by Crippen LogP contribution is -2.79. The van der Waals surface area contributed by atoms with E-state index in [2.05, 4.69) is 6.58 Å². The summed E-state index contributed by atoms with van der Waals surface area (Å²) in [6.07, 6.45) is -7.24. The van der Waals surface area contributed by atoms with E-state index in [-0.39, 0.29) is 25.2 Å². The van der Waals surface area contributed by atoms with Crippen LogP contribution in [0, 0.1) is 5.92 Å². The molecule has 2 saturated heterocycles.